The molecular weight excluding hydrogens is 378 g/mol. The molecule has 2 aromatic carbocycles. The third-order valence-electron chi connectivity index (χ3n) is 4.24. The van der Waals surface area contributed by atoms with Gasteiger partial charge in [0.05, 0.1) is 15.9 Å². The van der Waals surface area contributed by atoms with E-state index in [2.05, 4.69) is 38.5 Å². The minimum Gasteiger partial charge on any atom is -0.324 e. The fraction of sp³-hybridized carbons (Fsp3) is 0.200. The van der Waals surface area contributed by atoms with Gasteiger partial charge in [0.15, 0.2) is 0 Å². The van der Waals surface area contributed by atoms with Crippen LogP contribution in [0.15, 0.2) is 59.1 Å². The van der Waals surface area contributed by atoms with E-state index in [0.717, 1.165) is 32.7 Å². The van der Waals surface area contributed by atoms with Gasteiger partial charge in [-0.1, -0.05) is 42.5 Å². The molecule has 1 amide bonds. The van der Waals surface area contributed by atoms with E-state index in [1.165, 1.54) is 0 Å². The minimum atomic E-state index is -0.390. The Morgan fingerprint density at radius 3 is 2.20 bits per heavy atom. The van der Waals surface area contributed by atoms with Gasteiger partial charge in [-0.25, -0.2) is 0 Å². The molecule has 3 aromatic rings. The van der Waals surface area contributed by atoms with Gasteiger partial charge in [-0.05, 0) is 60.0 Å². The Labute approximate surface area is 156 Å². The number of carbonyl (C=O) groups is 1. The van der Waals surface area contributed by atoms with Crippen LogP contribution in [0, 0.1) is 13.8 Å². The number of amides is 1. The summed E-state index contributed by atoms with van der Waals surface area (Å²) in [5, 5.41) is 7.39. The average molecular weight is 398 g/mol. The fourth-order valence-corrected chi connectivity index (χ4v) is 3.02. The molecule has 0 aliphatic heterocycles. The van der Waals surface area contributed by atoms with Crippen LogP contribution < -0.4 is 5.32 Å². The van der Waals surface area contributed by atoms with Crippen molar-refractivity contribution in [3.63, 3.8) is 0 Å². The molecular formula is C20H20BrN3O. The largest absolute Gasteiger partial charge is 0.324 e. The lowest BCUT2D eigenvalue weighted by molar-refractivity contribution is -0.119. The standard InChI is InChI=1S/C20H20BrN3O/c1-13-19(21)14(2)24(23-13)15(3)20(25)22-18-11-9-17(10-12-18)16-7-5-4-6-8-16/h4-12,15H,1-3H3,(H,22,25). The van der Waals surface area contributed by atoms with Crippen LogP contribution in [0.3, 0.4) is 0 Å². The number of aromatic nitrogens is 2. The van der Waals surface area contributed by atoms with Crippen LogP contribution in [0.1, 0.15) is 24.4 Å². The van der Waals surface area contributed by atoms with Gasteiger partial charge in [-0.3, -0.25) is 9.48 Å². The first-order valence-electron chi connectivity index (χ1n) is 8.15. The van der Waals surface area contributed by atoms with Crippen molar-refractivity contribution < 1.29 is 4.79 Å². The highest BCUT2D eigenvalue weighted by Crippen LogP contribution is 2.24. The van der Waals surface area contributed by atoms with Gasteiger partial charge in [-0.15, -0.1) is 0 Å². The summed E-state index contributed by atoms with van der Waals surface area (Å²) in [6.45, 7) is 5.71. The third kappa shape index (κ3) is 3.66. The van der Waals surface area contributed by atoms with Crippen LogP contribution in [-0.4, -0.2) is 15.7 Å². The van der Waals surface area contributed by atoms with E-state index in [1.807, 2.05) is 63.2 Å². The molecule has 25 heavy (non-hydrogen) atoms. The number of nitrogens with one attached hydrogen (secondary N) is 1. The number of nitrogens with zero attached hydrogens (tertiary/aromatic N) is 2. The first-order chi connectivity index (χ1) is 12.0. The first-order valence-corrected chi connectivity index (χ1v) is 8.94. The predicted molar refractivity (Wildman–Crippen MR) is 105 cm³/mol. The number of halogens is 1. The quantitative estimate of drug-likeness (QED) is 0.663. The fourth-order valence-electron chi connectivity index (χ4n) is 2.75. The Morgan fingerprint density at radius 2 is 1.64 bits per heavy atom. The molecule has 3 rings (SSSR count). The highest BCUT2D eigenvalue weighted by molar-refractivity contribution is 9.10. The number of hydrogen-bond acceptors (Lipinski definition) is 2. The number of anilines is 1. The Hall–Kier alpha value is -2.40. The van der Waals surface area contributed by atoms with E-state index >= 15 is 0 Å². The summed E-state index contributed by atoms with van der Waals surface area (Å²) in [4.78, 5) is 12.6. The number of hydrogen-bond donors (Lipinski definition) is 1. The van der Waals surface area contributed by atoms with Crippen molar-refractivity contribution in [3.05, 3.63) is 70.5 Å². The van der Waals surface area contributed by atoms with Gasteiger partial charge in [0.2, 0.25) is 5.91 Å². The molecule has 5 heteroatoms. The topological polar surface area (TPSA) is 46.9 Å². The van der Waals surface area contributed by atoms with Crippen LogP contribution in [0.5, 0.6) is 0 Å². The van der Waals surface area contributed by atoms with Gasteiger partial charge in [0, 0.05) is 5.69 Å². The van der Waals surface area contributed by atoms with Crippen LogP contribution in [0.25, 0.3) is 11.1 Å². The lowest BCUT2D eigenvalue weighted by Crippen LogP contribution is -2.25. The molecule has 1 aromatic heterocycles. The molecule has 4 nitrogen and oxygen atoms in total. The van der Waals surface area contributed by atoms with Gasteiger partial charge in [0.25, 0.3) is 0 Å². The van der Waals surface area contributed by atoms with E-state index in [-0.39, 0.29) is 5.91 Å². The summed E-state index contributed by atoms with van der Waals surface area (Å²) in [7, 11) is 0. The maximum Gasteiger partial charge on any atom is 0.248 e. The Kier molecular flexibility index (Phi) is 5.04. The van der Waals surface area contributed by atoms with Crippen molar-refractivity contribution in [2.75, 3.05) is 5.32 Å². The molecule has 1 heterocycles. The van der Waals surface area contributed by atoms with Crippen molar-refractivity contribution in [2.24, 2.45) is 0 Å². The number of benzene rings is 2. The van der Waals surface area contributed by atoms with Crippen molar-refractivity contribution >= 4 is 27.5 Å². The maximum absolute atomic E-state index is 12.6. The van der Waals surface area contributed by atoms with E-state index in [9.17, 15) is 4.79 Å². The second-order valence-electron chi connectivity index (χ2n) is 6.04. The van der Waals surface area contributed by atoms with E-state index in [1.54, 1.807) is 4.68 Å². The summed E-state index contributed by atoms with van der Waals surface area (Å²) >= 11 is 3.50. The Balaban J connectivity index is 1.73. The molecule has 0 spiro atoms. The monoisotopic (exact) mass is 397 g/mol. The minimum absolute atomic E-state index is 0.0921. The van der Waals surface area contributed by atoms with Crippen LogP contribution in [-0.2, 0) is 4.79 Å². The molecule has 1 unspecified atom stereocenters. The van der Waals surface area contributed by atoms with Gasteiger partial charge in [0.1, 0.15) is 6.04 Å². The molecule has 0 aliphatic rings. The molecule has 128 valence electrons. The highest BCUT2D eigenvalue weighted by atomic mass is 79.9. The molecule has 0 saturated heterocycles. The van der Waals surface area contributed by atoms with E-state index in [4.69, 9.17) is 0 Å². The van der Waals surface area contributed by atoms with Crippen LogP contribution >= 0.6 is 15.9 Å². The second kappa shape index (κ2) is 7.23. The highest BCUT2D eigenvalue weighted by Gasteiger charge is 2.20. The number of aryl methyl sites for hydroxylation is 1. The molecule has 1 atom stereocenters. The molecule has 0 bridgehead atoms. The Morgan fingerprint density at radius 1 is 1.04 bits per heavy atom. The van der Waals surface area contributed by atoms with Crippen molar-refractivity contribution in [2.45, 2.75) is 26.8 Å². The summed E-state index contributed by atoms with van der Waals surface area (Å²) in [6, 6.07) is 17.6. The molecule has 0 saturated carbocycles. The first kappa shape index (κ1) is 17.4. The Bertz CT molecular complexity index is 885. The molecule has 0 fully saturated rings. The van der Waals surface area contributed by atoms with E-state index in [0.29, 0.717) is 0 Å². The zero-order valence-electron chi connectivity index (χ0n) is 14.5. The number of rotatable bonds is 4. The predicted octanol–water partition coefficient (Wildman–Crippen LogP) is 5.13. The zero-order chi connectivity index (χ0) is 18.0. The maximum atomic E-state index is 12.6. The van der Waals surface area contributed by atoms with Gasteiger partial charge < -0.3 is 5.32 Å². The molecule has 1 N–H and O–H groups in total. The van der Waals surface area contributed by atoms with Gasteiger partial charge in [-0.2, -0.15) is 5.10 Å². The number of carbonyl (C=O) groups excluding carboxylic acids is 1. The summed E-state index contributed by atoms with van der Waals surface area (Å²) in [5.74, 6) is -0.0921. The summed E-state index contributed by atoms with van der Waals surface area (Å²) in [6.07, 6.45) is 0. The molecule has 0 radical (unpaired) electrons. The lowest BCUT2D eigenvalue weighted by atomic mass is 10.1. The van der Waals surface area contributed by atoms with Crippen LogP contribution in [0.4, 0.5) is 5.69 Å². The lowest BCUT2D eigenvalue weighted by Gasteiger charge is -2.15. The van der Waals surface area contributed by atoms with E-state index < -0.39 is 6.04 Å². The normalized spacial score (nSPS) is 12.0. The SMILES string of the molecule is Cc1nn(C(C)C(=O)Nc2ccc(-c3ccccc3)cc2)c(C)c1Br. The summed E-state index contributed by atoms with van der Waals surface area (Å²) in [5.41, 5.74) is 4.87. The second-order valence-corrected chi connectivity index (χ2v) is 6.83. The van der Waals surface area contributed by atoms with Crippen LogP contribution in [0.2, 0.25) is 0 Å². The summed E-state index contributed by atoms with van der Waals surface area (Å²) < 4.78 is 2.69. The zero-order valence-corrected chi connectivity index (χ0v) is 16.0. The average Bonchev–Trinajstić information content (AvgIpc) is 2.90. The van der Waals surface area contributed by atoms with Gasteiger partial charge >= 0.3 is 0 Å². The third-order valence-corrected chi connectivity index (χ3v) is 5.39. The smallest absolute Gasteiger partial charge is 0.248 e. The molecule has 0 aliphatic carbocycles. The van der Waals surface area contributed by atoms with Crippen molar-refractivity contribution in [1.82, 2.24) is 9.78 Å². The van der Waals surface area contributed by atoms with Crippen molar-refractivity contribution in [1.29, 1.82) is 0 Å². The van der Waals surface area contributed by atoms with Crippen molar-refractivity contribution in [3.8, 4) is 11.1 Å².